The van der Waals surface area contributed by atoms with Gasteiger partial charge in [-0.1, -0.05) is 6.07 Å². The third kappa shape index (κ3) is 1.50. The van der Waals surface area contributed by atoms with Gasteiger partial charge in [0.2, 0.25) is 0 Å². The second kappa shape index (κ2) is 3.10. The molecule has 0 amide bonds. The highest BCUT2D eigenvalue weighted by Gasteiger charge is 2.01. The molecule has 1 heterocycles. The minimum atomic E-state index is 0.207. The van der Waals surface area contributed by atoms with Gasteiger partial charge in [-0.25, -0.2) is 0 Å². The van der Waals surface area contributed by atoms with E-state index in [4.69, 9.17) is 0 Å². The number of nitrogens with zero attached hydrogens (tertiary/aromatic N) is 3. The van der Waals surface area contributed by atoms with Gasteiger partial charge in [-0.3, -0.25) is 4.57 Å². The fourth-order valence-electron chi connectivity index (χ4n) is 1.05. The van der Waals surface area contributed by atoms with E-state index in [1.54, 1.807) is 22.8 Å². The molecule has 5 heteroatoms. The molecule has 0 saturated carbocycles. The highest BCUT2D eigenvalue weighted by atomic mass is 32.1. The van der Waals surface area contributed by atoms with Crippen LogP contribution in [-0.2, 0) is 0 Å². The largest absolute Gasteiger partial charge is 0.508 e. The van der Waals surface area contributed by atoms with Gasteiger partial charge in [0, 0.05) is 6.07 Å². The summed E-state index contributed by atoms with van der Waals surface area (Å²) in [6, 6.07) is 6.80. The highest BCUT2D eigenvalue weighted by molar-refractivity contribution is 7.80. The maximum atomic E-state index is 9.22. The minimum absolute atomic E-state index is 0.207. The molecule has 0 aliphatic carbocycles. The molecule has 0 radical (unpaired) electrons. The highest BCUT2D eigenvalue weighted by Crippen LogP contribution is 2.16. The number of phenolic OH excluding ortho intramolecular Hbond substituents is 1. The van der Waals surface area contributed by atoms with E-state index in [-0.39, 0.29) is 5.75 Å². The van der Waals surface area contributed by atoms with Gasteiger partial charge in [-0.2, -0.15) is 0 Å². The van der Waals surface area contributed by atoms with Crippen LogP contribution < -0.4 is 0 Å². The van der Waals surface area contributed by atoms with Crippen LogP contribution in [0.3, 0.4) is 0 Å². The molecule has 0 atom stereocenters. The Balaban J connectivity index is 2.53. The van der Waals surface area contributed by atoms with Crippen LogP contribution in [0.4, 0.5) is 0 Å². The lowest BCUT2D eigenvalue weighted by atomic mass is 10.3. The number of hydrogen-bond acceptors (Lipinski definition) is 4. The van der Waals surface area contributed by atoms with Crippen LogP contribution in [0.2, 0.25) is 0 Å². The lowest BCUT2D eigenvalue weighted by Crippen LogP contribution is -1.91. The second-order valence-corrected chi connectivity index (χ2v) is 2.92. The molecule has 1 aromatic carbocycles. The summed E-state index contributed by atoms with van der Waals surface area (Å²) in [5.41, 5.74) is 0.787. The number of aromatic hydroxyl groups is 1. The predicted molar refractivity (Wildman–Crippen MR) is 50.3 cm³/mol. The van der Waals surface area contributed by atoms with Crippen LogP contribution in [-0.4, -0.2) is 19.9 Å². The maximum absolute atomic E-state index is 9.22. The number of hydrogen-bond donors (Lipinski definition) is 2. The Morgan fingerprint density at radius 3 is 2.85 bits per heavy atom. The standard InChI is InChI=1S/C8H7N3OS/c12-7-3-1-2-6(4-7)11-5-9-10-8(11)13/h1-5,12H,(H,10,13). The lowest BCUT2D eigenvalue weighted by Gasteiger charge is -2.02. The lowest BCUT2D eigenvalue weighted by molar-refractivity contribution is 0.475. The average Bonchev–Trinajstić information content (AvgIpc) is 2.51. The van der Waals surface area contributed by atoms with Crippen molar-refractivity contribution in [3.63, 3.8) is 0 Å². The van der Waals surface area contributed by atoms with E-state index in [0.717, 1.165) is 5.69 Å². The van der Waals surface area contributed by atoms with Crippen LogP contribution in [0.1, 0.15) is 0 Å². The summed E-state index contributed by atoms with van der Waals surface area (Å²) < 4.78 is 1.67. The minimum Gasteiger partial charge on any atom is -0.508 e. The molecule has 0 aliphatic rings. The molecule has 0 fully saturated rings. The van der Waals surface area contributed by atoms with Crippen LogP contribution in [0.5, 0.6) is 5.75 Å². The van der Waals surface area contributed by atoms with Gasteiger partial charge in [0.15, 0.2) is 5.16 Å². The molecule has 0 saturated heterocycles. The Morgan fingerprint density at radius 2 is 2.23 bits per heavy atom. The third-order valence-corrected chi connectivity index (χ3v) is 1.94. The fourth-order valence-corrected chi connectivity index (χ4v) is 1.27. The molecule has 0 aliphatic heterocycles. The van der Waals surface area contributed by atoms with Crippen LogP contribution in [0, 0.1) is 0 Å². The topological polar surface area (TPSA) is 50.9 Å². The first-order chi connectivity index (χ1) is 6.27. The smallest absolute Gasteiger partial charge is 0.192 e. The van der Waals surface area contributed by atoms with Crippen molar-refractivity contribution < 1.29 is 5.11 Å². The van der Waals surface area contributed by atoms with Crippen molar-refractivity contribution in [1.29, 1.82) is 0 Å². The van der Waals surface area contributed by atoms with Crippen LogP contribution in [0.25, 0.3) is 5.69 Å². The zero-order valence-electron chi connectivity index (χ0n) is 6.62. The number of rotatable bonds is 1. The van der Waals surface area contributed by atoms with E-state index in [9.17, 15) is 5.11 Å². The van der Waals surface area contributed by atoms with Crippen molar-refractivity contribution >= 4 is 12.6 Å². The van der Waals surface area contributed by atoms with E-state index >= 15 is 0 Å². The predicted octanol–water partition coefficient (Wildman–Crippen LogP) is 1.26. The van der Waals surface area contributed by atoms with Gasteiger partial charge >= 0.3 is 0 Å². The molecule has 0 unspecified atom stereocenters. The molecule has 4 nitrogen and oxygen atoms in total. The first-order valence-corrected chi connectivity index (χ1v) is 4.10. The Labute approximate surface area is 80.3 Å². The number of phenols is 1. The van der Waals surface area contributed by atoms with Gasteiger partial charge in [-0.15, -0.1) is 22.8 Å². The van der Waals surface area contributed by atoms with Crippen molar-refractivity contribution in [3.05, 3.63) is 30.6 Å². The summed E-state index contributed by atoms with van der Waals surface area (Å²) in [6.07, 6.45) is 1.54. The SMILES string of the molecule is Oc1cccc(-n2cnnc2S)c1. The Bertz CT molecular complexity index is 427. The van der Waals surface area contributed by atoms with Crippen molar-refractivity contribution in [2.45, 2.75) is 5.16 Å². The molecular formula is C8H7N3OS. The van der Waals surface area contributed by atoms with E-state index in [1.165, 1.54) is 6.33 Å². The molecule has 0 spiro atoms. The van der Waals surface area contributed by atoms with Gasteiger partial charge < -0.3 is 5.11 Å². The number of benzene rings is 1. The van der Waals surface area contributed by atoms with Crippen LogP contribution in [0.15, 0.2) is 35.7 Å². The molecule has 0 bridgehead atoms. The van der Waals surface area contributed by atoms with Gasteiger partial charge in [0.05, 0.1) is 5.69 Å². The zero-order valence-corrected chi connectivity index (χ0v) is 7.52. The van der Waals surface area contributed by atoms with E-state index in [1.807, 2.05) is 6.07 Å². The number of aromatic nitrogens is 3. The van der Waals surface area contributed by atoms with Gasteiger partial charge in [0.25, 0.3) is 0 Å². The summed E-state index contributed by atoms with van der Waals surface area (Å²) in [6.45, 7) is 0. The number of thiol groups is 1. The van der Waals surface area contributed by atoms with Crippen molar-refractivity contribution in [3.8, 4) is 11.4 Å². The van der Waals surface area contributed by atoms with Crippen molar-refractivity contribution in [1.82, 2.24) is 14.8 Å². The first-order valence-electron chi connectivity index (χ1n) is 3.66. The first kappa shape index (κ1) is 8.12. The van der Waals surface area contributed by atoms with E-state index in [0.29, 0.717) is 5.16 Å². The fraction of sp³-hybridized carbons (Fsp3) is 0. The van der Waals surface area contributed by atoms with Gasteiger partial charge in [0.1, 0.15) is 12.1 Å². The Kier molecular flexibility index (Phi) is 1.94. The Hall–Kier alpha value is -1.49. The summed E-state index contributed by atoms with van der Waals surface area (Å²) in [7, 11) is 0. The monoisotopic (exact) mass is 193 g/mol. The maximum Gasteiger partial charge on any atom is 0.192 e. The summed E-state index contributed by atoms with van der Waals surface area (Å²) in [5, 5.41) is 17.1. The average molecular weight is 193 g/mol. The molecule has 2 rings (SSSR count). The van der Waals surface area contributed by atoms with E-state index in [2.05, 4.69) is 22.8 Å². The molecule has 1 N–H and O–H groups in total. The molecule has 66 valence electrons. The summed E-state index contributed by atoms with van der Waals surface area (Å²) in [4.78, 5) is 0. The summed E-state index contributed by atoms with van der Waals surface area (Å²) >= 11 is 4.10. The second-order valence-electron chi connectivity index (χ2n) is 2.52. The molecule has 1 aromatic heterocycles. The zero-order chi connectivity index (χ0) is 9.26. The quantitative estimate of drug-likeness (QED) is 0.670. The van der Waals surface area contributed by atoms with E-state index < -0.39 is 0 Å². The third-order valence-electron chi connectivity index (χ3n) is 1.64. The molecule has 2 aromatic rings. The van der Waals surface area contributed by atoms with Crippen molar-refractivity contribution in [2.24, 2.45) is 0 Å². The Morgan fingerprint density at radius 1 is 1.38 bits per heavy atom. The van der Waals surface area contributed by atoms with Crippen molar-refractivity contribution in [2.75, 3.05) is 0 Å². The van der Waals surface area contributed by atoms with Crippen LogP contribution >= 0.6 is 12.6 Å². The molecular weight excluding hydrogens is 186 g/mol. The molecule has 13 heavy (non-hydrogen) atoms. The van der Waals surface area contributed by atoms with Gasteiger partial charge in [-0.05, 0) is 12.1 Å². The normalized spacial score (nSPS) is 10.2. The summed E-state index contributed by atoms with van der Waals surface area (Å²) in [5.74, 6) is 0.207.